The van der Waals surface area contributed by atoms with Gasteiger partial charge in [0.2, 0.25) is 3.79 Å². The molecule has 1 rings (SSSR count). The monoisotopic (exact) mass is 256 g/mol. The van der Waals surface area contributed by atoms with Crippen molar-refractivity contribution in [1.29, 1.82) is 0 Å². The fourth-order valence-corrected chi connectivity index (χ4v) is 2.67. The molecule has 60 valence electrons. The molecule has 0 aromatic rings. The molecule has 0 bridgehead atoms. The zero-order valence-corrected chi connectivity index (χ0v) is 8.46. The molecule has 1 fully saturated rings. The summed E-state index contributed by atoms with van der Waals surface area (Å²) >= 11 is 1.95. The van der Waals surface area contributed by atoms with Crippen molar-refractivity contribution < 1.29 is 9.84 Å². The van der Waals surface area contributed by atoms with E-state index in [-0.39, 0.29) is 6.10 Å². The van der Waals surface area contributed by atoms with Gasteiger partial charge >= 0.3 is 0 Å². The maximum absolute atomic E-state index is 9.48. The highest BCUT2D eigenvalue weighted by Gasteiger charge is 2.33. The summed E-state index contributed by atoms with van der Waals surface area (Å²) < 4.78 is 4.38. The van der Waals surface area contributed by atoms with Gasteiger partial charge in [0.25, 0.3) is 0 Å². The number of ether oxygens (including phenoxy) is 1. The number of aliphatic hydroxyl groups is 1. The van der Waals surface area contributed by atoms with Crippen LogP contribution < -0.4 is 0 Å². The van der Waals surface area contributed by atoms with E-state index in [1.807, 2.05) is 29.5 Å². The third kappa shape index (κ3) is 2.36. The van der Waals surface area contributed by atoms with Crippen LogP contribution in [0.2, 0.25) is 0 Å². The molecular weight excluding hydrogens is 243 g/mol. The molecule has 0 amide bonds. The summed E-state index contributed by atoms with van der Waals surface area (Å²) in [4.78, 5) is 0. The first-order chi connectivity index (χ1) is 4.49. The van der Waals surface area contributed by atoms with E-state index in [0.717, 1.165) is 12.8 Å². The van der Waals surface area contributed by atoms with Crippen LogP contribution in [0.25, 0.3) is 0 Å². The van der Waals surface area contributed by atoms with Gasteiger partial charge in [-0.1, -0.05) is 6.92 Å². The van der Waals surface area contributed by atoms with E-state index in [1.165, 1.54) is 0 Å². The lowest BCUT2D eigenvalue weighted by Crippen LogP contribution is -2.37. The maximum Gasteiger partial charge on any atom is 0.219 e. The quantitative estimate of drug-likeness (QED) is 0.530. The third-order valence-electron chi connectivity index (χ3n) is 1.72. The largest absolute Gasteiger partial charge is 0.358 e. The summed E-state index contributed by atoms with van der Waals surface area (Å²) in [6.07, 6.45) is 2.01. The minimum Gasteiger partial charge on any atom is -0.358 e. The van der Waals surface area contributed by atoms with E-state index in [1.54, 1.807) is 0 Å². The first-order valence-electron chi connectivity index (χ1n) is 3.59. The Morgan fingerprint density at radius 3 is 2.60 bits per heavy atom. The van der Waals surface area contributed by atoms with Gasteiger partial charge in [-0.2, -0.15) is 0 Å². The van der Waals surface area contributed by atoms with E-state index in [9.17, 15) is 5.11 Å². The highest BCUT2D eigenvalue weighted by atomic mass is 127. The van der Waals surface area contributed by atoms with Gasteiger partial charge in [0.1, 0.15) is 0 Å². The minimum absolute atomic E-state index is 0.200. The molecule has 0 spiro atoms. The van der Waals surface area contributed by atoms with Crippen LogP contribution >= 0.6 is 22.6 Å². The molecule has 0 unspecified atom stereocenters. The van der Waals surface area contributed by atoms with Crippen LogP contribution in [0.5, 0.6) is 0 Å². The van der Waals surface area contributed by atoms with Crippen molar-refractivity contribution in [3.8, 4) is 0 Å². The molecule has 0 aliphatic carbocycles. The first-order valence-corrected chi connectivity index (χ1v) is 4.66. The molecule has 1 saturated heterocycles. The Morgan fingerprint density at radius 1 is 1.60 bits per heavy atom. The van der Waals surface area contributed by atoms with Crippen LogP contribution in [-0.2, 0) is 4.74 Å². The summed E-state index contributed by atoms with van der Waals surface area (Å²) in [5, 5.41) is 9.48. The molecule has 10 heavy (non-hydrogen) atoms. The molecule has 0 aromatic heterocycles. The van der Waals surface area contributed by atoms with Crippen LogP contribution in [0.3, 0.4) is 0 Å². The smallest absolute Gasteiger partial charge is 0.219 e. The normalized spacial score (nSPS) is 49.2. The Bertz CT molecular complexity index is 113. The Balaban J connectivity index is 2.51. The van der Waals surface area contributed by atoms with Crippen molar-refractivity contribution in [2.45, 2.75) is 36.6 Å². The molecular formula is C7H13IO2. The zero-order chi connectivity index (χ0) is 7.78. The van der Waals surface area contributed by atoms with Gasteiger partial charge in [0.05, 0.1) is 6.10 Å². The molecule has 1 aliphatic heterocycles. The summed E-state index contributed by atoms with van der Waals surface area (Å²) in [5.74, 6) is 0.575. The van der Waals surface area contributed by atoms with E-state index in [0.29, 0.717) is 5.92 Å². The lowest BCUT2D eigenvalue weighted by molar-refractivity contribution is -0.183. The van der Waals surface area contributed by atoms with Gasteiger partial charge in [-0.3, -0.25) is 0 Å². The maximum atomic E-state index is 9.48. The lowest BCUT2D eigenvalue weighted by atomic mass is 9.98. The molecule has 0 aromatic carbocycles. The van der Waals surface area contributed by atoms with Crippen molar-refractivity contribution in [3.05, 3.63) is 0 Å². The van der Waals surface area contributed by atoms with Crippen molar-refractivity contribution in [2.75, 3.05) is 0 Å². The number of rotatable bonds is 0. The molecule has 1 heterocycles. The topological polar surface area (TPSA) is 29.5 Å². The summed E-state index contributed by atoms with van der Waals surface area (Å²) in [6.45, 7) is 4.14. The second-order valence-electron chi connectivity index (χ2n) is 3.16. The van der Waals surface area contributed by atoms with Crippen LogP contribution in [0, 0.1) is 5.92 Å². The predicted molar refractivity (Wildman–Crippen MR) is 47.9 cm³/mol. The lowest BCUT2D eigenvalue weighted by Gasteiger charge is -2.34. The Kier molecular flexibility index (Phi) is 2.58. The van der Waals surface area contributed by atoms with E-state index >= 15 is 0 Å². The summed E-state index contributed by atoms with van der Waals surface area (Å²) in [7, 11) is 0. The van der Waals surface area contributed by atoms with Crippen LogP contribution in [0.15, 0.2) is 0 Å². The second-order valence-corrected chi connectivity index (χ2v) is 4.85. The molecule has 1 N–H and O–H groups in total. The number of alkyl halides is 1. The van der Waals surface area contributed by atoms with Gasteiger partial charge < -0.3 is 9.84 Å². The van der Waals surface area contributed by atoms with Crippen molar-refractivity contribution in [1.82, 2.24) is 0 Å². The fourth-order valence-electron chi connectivity index (χ4n) is 1.48. The molecule has 3 heteroatoms. The van der Waals surface area contributed by atoms with Crippen LogP contribution in [0.4, 0.5) is 0 Å². The summed E-state index contributed by atoms with van der Waals surface area (Å²) in [6, 6.07) is 0. The van der Waals surface area contributed by atoms with Crippen LogP contribution in [-0.4, -0.2) is 15.0 Å². The van der Waals surface area contributed by atoms with Gasteiger partial charge in [-0.15, -0.1) is 0 Å². The van der Waals surface area contributed by atoms with Gasteiger partial charge in [-0.25, -0.2) is 0 Å². The third-order valence-corrected chi connectivity index (χ3v) is 2.41. The molecule has 3 atom stereocenters. The zero-order valence-electron chi connectivity index (χ0n) is 6.30. The van der Waals surface area contributed by atoms with E-state index in [2.05, 4.69) is 6.92 Å². The van der Waals surface area contributed by atoms with Gasteiger partial charge in [0, 0.05) is 6.42 Å². The molecule has 0 radical (unpaired) electrons. The number of hydrogen-bond donors (Lipinski definition) is 1. The van der Waals surface area contributed by atoms with Crippen molar-refractivity contribution in [3.63, 3.8) is 0 Å². The average molecular weight is 256 g/mol. The Hall–Kier alpha value is 0.650. The summed E-state index contributed by atoms with van der Waals surface area (Å²) in [5.41, 5.74) is 0. The highest BCUT2D eigenvalue weighted by Crippen LogP contribution is 2.35. The van der Waals surface area contributed by atoms with Crippen molar-refractivity contribution >= 4 is 22.6 Å². The van der Waals surface area contributed by atoms with Crippen molar-refractivity contribution in [2.24, 2.45) is 5.92 Å². The Morgan fingerprint density at radius 2 is 2.20 bits per heavy atom. The second kappa shape index (κ2) is 2.95. The first kappa shape index (κ1) is 8.74. The predicted octanol–water partition coefficient (Wildman–Crippen LogP) is 1.90. The van der Waals surface area contributed by atoms with E-state index in [4.69, 9.17) is 4.74 Å². The Labute approximate surface area is 75.1 Å². The SMILES string of the molecule is C[C@@H]1C[C@H](C)O[C@](O)(I)C1. The molecule has 2 nitrogen and oxygen atoms in total. The van der Waals surface area contributed by atoms with E-state index < -0.39 is 3.79 Å². The molecule has 0 saturated carbocycles. The highest BCUT2D eigenvalue weighted by molar-refractivity contribution is 14.1. The number of hydrogen-bond acceptors (Lipinski definition) is 2. The van der Waals surface area contributed by atoms with Crippen LogP contribution in [0.1, 0.15) is 26.7 Å². The van der Waals surface area contributed by atoms with Gasteiger partial charge in [-0.05, 0) is 41.9 Å². The minimum atomic E-state index is -0.908. The average Bonchev–Trinajstić information content (AvgIpc) is 1.54. The molecule has 1 aliphatic rings. The van der Waals surface area contributed by atoms with Gasteiger partial charge in [0.15, 0.2) is 0 Å². The number of halogens is 1. The standard InChI is InChI=1S/C7H13IO2/c1-5-3-6(2)10-7(8,9)4-5/h5-6,9H,3-4H2,1-2H3/t5-,6+,7+/m1/s1. The fraction of sp³-hybridized carbons (Fsp3) is 1.00.